The Hall–Kier alpha value is -2.11. The first kappa shape index (κ1) is 17.7. The molecule has 1 N–H and O–H groups in total. The molecule has 0 aromatic carbocycles. The molecule has 1 aliphatic carbocycles. The van der Waals surface area contributed by atoms with E-state index in [4.69, 9.17) is 4.74 Å². The van der Waals surface area contributed by atoms with Crippen LogP contribution in [0.5, 0.6) is 5.75 Å². The quantitative estimate of drug-likeness (QED) is 0.673. The molecule has 1 aliphatic heterocycles. The number of hydrogen-bond acceptors (Lipinski definition) is 4. The summed E-state index contributed by atoms with van der Waals surface area (Å²) in [7, 11) is 0. The van der Waals surface area contributed by atoms with Crippen LogP contribution in [0, 0.1) is 0 Å². The highest BCUT2D eigenvalue weighted by Gasteiger charge is 2.51. The van der Waals surface area contributed by atoms with Gasteiger partial charge in [0.25, 0.3) is 17.4 Å². The second-order valence-corrected chi connectivity index (χ2v) is 7.08. The molecule has 1 aromatic heterocycles. The summed E-state index contributed by atoms with van der Waals surface area (Å²) in [4.78, 5) is 31.9. The third-order valence-corrected chi connectivity index (χ3v) is 5.04. The Balaban J connectivity index is 1.83. The van der Waals surface area contributed by atoms with E-state index >= 15 is 0 Å². The minimum atomic E-state index is -1.54. The zero-order chi connectivity index (χ0) is 17.9. The molecule has 0 bridgehead atoms. The van der Waals surface area contributed by atoms with Crippen molar-refractivity contribution in [2.45, 2.75) is 70.4 Å². The zero-order valence-corrected chi connectivity index (χ0v) is 15.1. The van der Waals surface area contributed by atoms with E-state index in [1.165, 1.54) is 12.8 Å². The summed E-state index contributed by atoms with van der Waals surface area (Å²) in [5, 5.41) is 3.06. The molecule has 6 heteroatoms. The van der Waals surface area contributed by atoms with E-state index < -0.39 is 5.60 Å². The van der Waals surface area contributed by atoms with Crippen LogP contribution in [-0.2, 0) is 9.59 Å². The molecule has 0 spiro atoms. The lowest BCUT2D eigenvalue weighted by molar-refractivity contribution is -0.149. The normalized spacial score (nSPS) is 24.2. The lowest BCUT2D eigenvalue weighted by Crippen LogP contribution is -2.63. The lowest BCUT2D eigenvalue weighted by atomic mass is 9.99. The molecule has 1 unspecified atom stereocenters. The van der Waals surface area contributed by atoms with E-state index in [2.05, 4.69) is 10.3 Å². The van der Waals surface area contributed by atoms with Gasteiger partial charge in [0.05, 0.1) is 0 Å². The number of anilines is 1. The Kier molecular flexibility index (Phi) is 5.25. The summed E-state index contributed by atoms with van der Waals surface area (Å²) in [6, 6.07) is 3.63. The largest absolute Gasteiger partial charge is 0.464 e. The van der Waals surface area contributed by atoms with E-state index in [9.17, 15) is 9.59 Å². The van der Waals surface area contributed by atoms with Crippen LogP contribution in [0.4, 0.5) is 5.82 Å². The van der Waals surface area contributed by atoms with Gasteiger partial charge in [-0.1, -0.05) is 32.6 Å². The molecule has 3 rings (SSSR count). The van der Waals surface area contributed by atoms with Crippen LogP contribution in [0.3, 0.4) is 0 Å². The van der Waals surface area contributed by atoms with Crippen molar-refractivity contribution in [3.05, 3.63) is 18.3 Å². The zero-order valence-electron chi connectivity index (χ0n) is 15.1. The highest BCUT2D eigenvalue weighted by Crippen LogP contribution is 2.36. The fraction of sp³-hybridized carbons (Fsp3) is 0.632. The monoisotopic (exact) mass is 345 g/mol. The van der Waals surface area contributed by atoms with Gasteiger partial charge in [-0.2, -0.15) is 0 Å². The average Bonchev–Trinajstić information content (AvgIpc) is 2.87. The molecule has 2 heterocycles. The van der Waals surface area contributed by atoms with E-state index in [1.54, 1.807) is 30.2 Å². The van der Waals surface area contributed by atoms with E-state index in [0.29, 0.717) is 18.1 Å². The molecule has 2 aliphatic rings. The topological polar surface area (TPSA) is 71.5 Å². The number of pyridine rings is 1. The molecule has 2 amide bonds. The number of aromatic nitrogens is 1. The Labute approximate surface area is 148 Å². The fourth-order valence-corrected chi connectivity index (χ4v) is 3.60. The van der Waals surface area contributed by atoms with Crippen LogP contribution in [0.1, 0.15) is 58.8 Å². The smallest absolute Gasteiger partial charge is 0.282 e. The van der Waals surface area contributed by atoms with Crippen molar-refractivity contribution in [3.63, 3.8) is 0 Å². The van der Waals surface area contributed by atoms with Crippen molar-refractivity contribution < 1.29 is 14.3 Å². The Bertz CT molecular complexity index is 641. The van der Waals surface area contributed by atoms with Gasteiger partial charge in [-0.05, 0) is 38.3 Å². The summed E-state index contributed by atoms with van der Waals surface area (Å²) in [6.45, 7) is 4.08. The first-order valence-corrected chi connectivity index (χ1v) is 9.33. The number of carbonyl (C=O) groups excluding carboxylic acids is 2. The van der Waals surface area contributed by atoms with Crippen molar-refractivity contribution in [3.8, 4) is 5.75 Å². The number of nitrogens with zero attached hydrogens (tertiary/aromatic N) is 2. The highest BCUT2D eigenvalue weighted by atomic mass is 16.5. The molecular weight excluding hydrogens is 318 g/mol. The number of carbonyl (C=O) groups is 2. The molecule has 0 radical (unpaired) electrons. The summed E-state index contributed by atoms with van der Waals surface area (Å²) in [5.74, 6) is 0.287. The van der Waals surface area contributed by atoms with Gasteiger partial charge >= 0.3 is 0 Å². The first-order chi connectivity index (χ1) is 12.1. The van der Waals surface area contributed by atoms with Crippen LogP contribution in [0.25, 0.3) is 0 Å². The van der Waals surface area contributed by atoms with Gasteiger partial charge in [0.1, 0.15) is 0 Å². The van der Waals surface area contributed by atoms with Gasteiger partial charge in [-0.3, -0.25) is 14.5 Å². The van der Waals surface area contributed by atoms with Gasteiger partial charge in [-0.25, -0.2) is 4.98 Å². The number of nitrogens with one attached hydrogen (secondary N) is 1. The predicted molar refractivity (Wildman–Crippen MR) is 95.5 cm³/mol. The summed E-state index contributed by atoms with van der Waals surface area (Å²) >= 11 is 0. The number of ether oxygens (including phenoxy) is 1. The molecule has 0 saturated heterocycles. The van der Waals surface area contributed by atoms with Gasteiger partial charge in [0, 0.05) is 18.8 Å². The second kappa shape index (κ2) is 7.42. The molecule has 6 nitrogen and oxygen atoms in total. The maximum atomic E-state index is 13.1. The van der Waals surface area contributed by atoms with Gasteiger partial charge in [0.15, 0.2) is 11.6 Å². The van der Waals surface area contributed by atoms with E-state index in [1.807, 2.05) is 6.92 Å². The van der Waals surface area contributed by atoms with E-state index in [0.717, 1.165) is 32.1 Å². The lowest BCUT2D eigenvalue weighted by Gasteiger charge is -2.39. The molecule has 25 heavy (non-hydrogen) atoms. The molecule has 1 fully saturated rings. The fourth-order valence-electron chi connectivity index (χ4n) is 3.60. The van der Waals surface area contributed by atoms with Crippen LogP contribution in [0.15, 0.2) is 18.3 Å². The first-order valence-electron chi connectivity index (χ1n) is 9.33. The Morgan fingerprint density at radius 1 is 1.36 bits per heavy atom. The Morgan fingerprint density at radius 2 is 2.08 bits per heavy atom. The van der Waals surface area contributed by atoms with Crippen molar-refractivity contribution in [2.75, 3.05) is 11.4 Å². The average molecular weight is 345 g/mol. The summed E-state index contributed by atoms with van der Waals surface area (Å²) < 4.78 is 5.88. The van der Waals surface area contributed by atoms with Crippen molar-refractivity contribution in [1.29, 1.82) is 0 Å². The van der Waals surface area contributed by atoms with Crippen LogP contribution < -0.4 is 15.0 Å². The minimum Gasteiger partial charge on any atom is -0.464 e. The van der Waals surface area contributed by atoms with Crippen LogP contribution >= 0.6 is 0 Å². The Morgan fingerprint density at radius 3 is 2.76 bits per heavy atom. The molecule has 136 valence electrons. The van der Waals surface area contributed by atoms with Crippen molar-refractivity contribution >= 4 is 17.6 Å². The van der Waals surface area contributed by atoms with Crippen molar-refractivity contribution in [1.82, 2.24) is 10.3 Å². The molecular formula is C19H27N3O3. The van der Waals surface area contributed by atoms with Crippen molar-refractivity contribution in [2.24, 2.45) is 0 Å². The molecule has 1 aromatic rings. The molecule has 1 atom stereocenters. The number of fused-ring (bicyclic) bond motifs is 1. The second-order valence-electron chi connectivity index (χ2n) is 7.08. The third kappa shape index (κ3) is 3.48. The maximum absolute atomic E-state index is 13.1. The van der Waals surface area contributed by atoms with Crippen LogP contribution in [-0.4, -0.2) is 35.0 Å². The standard InChI is InChI=1S/C19H27N3O3/c1-3-13-22-16-15(11-8-12-20-16)25-19(2,18(22)24)17(23)21-14-9-6-4-5-7-10-14/h8,11-12,14H,3-7,9-10,13H2,1-2H3,(H,21,23). The summed E-state index contributed by atoms with van der Waals surface area (Å²) in [6.07, 6.45) is 9.00. The molecule has 1 saturated carbocycles. The number of amides is 2. The summed E-state index contributed by atoms with van der Waals surface area (Å²) in [5.41, 5.74) is -1.54. The van der Waals surface area contributed by atoms with E-state index in [-0.39, 0.29) is 17.9 Å². The van der Waals surface area contributed by atoms with Gasteiger partial charge < -0.3 is 10.1 Å². The third-order valence-electron chi connectivity index (χ3n) is 5.04. The highest BCUT2D eigenvalue weighted by molar-refractivity contribution is 6.16. The SMILES string of the molecule is CCCN1C(=O)C(C)(C(=O)NC2CCCCCC2)Oc2cccnc21. The number of rotatable bonds is 4. The predicted octanol–water partition coefficient (Wildman–Crippen LogP) is 2.81. The van der Waals surface area contributed by atoms with Gasteiger partial charge in [0.2, 0.25) is 0 Å². The minimum absolute atomic E-state index is 0.123. The van der Waals surface area contributed by atoms with Crippen LogP contribution in [0.2, 0.25) is 0 Å². The number of hydrogen-bond donors (Lipinski definition) is 1. The van der Waals surface area contributed by atoms with Gasteiger partial charge in [-0.15, -0.1) is 0 Å². The maximum Gasteiger partial charge on any atom is 0.282 e.